The van der Waals surface area contributed by atoms with Gasteiger partial charge in [-0.1, -0.05) is 32.1 Å². The second kappa shape index (κ2) is 9.55. The molecule has 0 radical (unpaired) electrons. The van der Waals surface area contributed by atoms with Gasteiger partial charge in [-0.25, -0.2) is 19.3 Å². The van der Waals surface area contributed by atoms with Gasteiger partial charge in [0.05, 0.1) is 13.1 Å². The van der Waals surface area contributed by atoms with Gasteiger partial charge in [0.25, 0.3) is 5.56 Å². The van der Waals surface area contributed by atoms with E-state index in [0.717, 1.165) is 18.8 Å². The minimum Gasteiger partial charge on any atom is -0.488 e. The minimum absolute atomic E-state index is 0.00683. The Morgan fingerprint density at radius 3 is 2.83 bits per heavy atom. The molecule has 3 aromatic heterocycles. The number of benzene rings is 1. The van der Waals surface area contributed by atoms with Gasteiger partial charge in [0.1, 0.15) is 12.0 Å². The van der Waals surface area contributed by atoms with Crippen LogP contribution in [0.1, 0.15) is 37.8 Å². The Morgan fingerprint density at radius 1 is 1.07 bits per heavy atom. The molecule has 11 heteroatoms. The number of anilines is 3. The van der Waals surface area contributed by atoms with E-state index in [9.17, 15) is 9.59 Å². The molecule has 0 atom stereocenters. The van der Waals surface area contributed by atoms with E-state index in [1.165, 1.54) is 11.1 Å². The zero-order chi connectivity index (χ0) is 28.3. The molecule has 3 aliphatic heterocycles. The molecule has 6 heterocycles. The number of carbonyl (C=O) groups excluding carboxylic acids is 1. The molecule has 3 aliphatic rings. The number of hydrogen-bond acceptors (Lipinski definition) is 8. The van der Waals surface area contributed by atoms with Crippen LogP contribution in [0.3, 0.4) is 0 Å². The van der Waals surface area contributed by atoms with Gasteiger partial charge < -0.3 is 15.0 Å². The maximum absolute atomic E-state index is 13.5. The van der Waals surface area contributed by atoms with Crippen molar-refractivity contribution in [2.45, 2.75) is 45.2 Å². The number of carbonyl (C=O) groups is 1. The van der Waals surface area contributed by atoms with Crippen LogP contribution in [0.5, 0.6) is 5.75 Å². The van der Waals surface area contributed by atoms with Crippen molar-refractivity contribution >= 4 is 34.4 Å². The number of pyridine rings is 1. The average Bonchev–Trinajstić information content (AvgIpc) is 3.21. The fourth-order valence-corrected chi connectivity index (χ4v) is 6.26. The predicted molar refractivity (Wildman–Crippen MR) is 156 cm³/mol. The summed E-state index contributed by atoms with van der Waals surface area (Å²) in [4.78, 5) is 44.6. The van der Waals surface area contributed by atoms with Gasteiger partial charge in [-0.05, 0) is 48.9 Å². The Hall–Kier alpha value is -4.51. The van der Waals surface area contributed by atoms with Crippen LogP contribution >= 0.6 is 0 Å². The van der Waals surface area contributed by atoms with E-state index in [1.54, 1.807) is 32.6 Å². The lowest BCUT2D eigenvalue weighted by Crippen LogP contribution is -2.39. The van der Waals surface area contributed by atoms with E-state index in [2.05, 4.69) is 54.3 Å². The summed E-state index contributed by atoms with van der Waals surface area (Å²) in [5.74, 6) is 1.84. The number of amides is 1. The Morgan fingerprint density at radius 2 is 1.95 bits per heavy atom. The lowest BCUT2D eigenvalue weighted by molar-refractivity contribution is -0.118. The molecule has 1 N–H and O–H groups in total. The highest BCUT2D eigenvalue weighted by atomic mass is 16.5. The summed E-state index contributed by atoms with van der Waals surface area (Å²) in [7, 11) is 2.14. The topological polar surface area (TPSA) is 110 Å². The summed E-state index contributed by atoms with van der Waals surface area (Å²) >= 11 is 0. The zero-order valence-corrected chi connectivity index (χ0v) is 23.4. The average molecular weight is 553 g/mol. The molecular weight excluding hydrogens is 520 g/mol. The Labute approximate surface area is 237 Å². The summed E-state index contributed by atoms with van der Waals surface area (Å²) in [5, 5.41) is 3.73. The van der Waals surface area contributed by atoms with E-state index in [1.807, 2.05) is 12.2 Å². The molecule has 11 nitrogen and oxygen atoms in total. The van der Waals surface area contributed by atoms with Gasteiger partial charge in [-0.15, -0.1) is 0 Å². The van der Waals surface area contributed by atoms with Gasteiger partial charge >= 0.3 is 0 Å². The van der Waals surface area contributed by atoms with Crippen LogP contribution < -0.4 is 20.5 Å². The minimum atomic E-state index is -0.212. The van der Waals surface area contributed by atoms with Crippen LogP contribution in [0, 0.1) is 0 Å². The van der Waals surface area contributed by atoms with E-state index in [4.69, 9.17) is 14.7 Å². The monoisotopic (exact) mass is 552 g/mol. The molecule has 1 amide bonds. The molecule has 0 spiro atoms. The predicted octanol–water partition coefficient (Wildman–Crippen LogP) is 3.52. The standard InChI is InChI=1S/C30H32N8O3/c1-30(2)18-35(3)17-19-15-20(8-9-22(19)30)32-29-31-16-21-26(34-29)38-24-11-10-23-27(33-24)36(13-14-41-23)25(39)7-5-4-6-12-37(38)28(21)40/h4,6,8-11,15-16H,5,7,12-14,17-18H2,1-3H3,(H,31,32,34)/b6-4-. The highest BCUT2D eigenvalue weighted by molar-refractivity contribution is 5.94. The van der Waals surface area contributed by atoms with Crippen molar-refractivity contribution in [3.05, 3.63) is 70.2 Å². The molecule has 4 aromatic rings. The van der Waals surface area contributed by atoms with Crippen LogP contribution in [0.2, 0.25) is 0 Å². The van der Waals surface area contributed by atoms with Crippen molar-refractivity contribution in [2.24, 2.45) is 0 Å². The number of nitrogens with one attached hydrogen (secondary N) is 1. The van der Waals surface area contributed by atoms with Crippen LogP contribution in [-0.2, 0) is 23.3 Å². The summed E-state index contributed by atoms with van der Waals surface area (Å²) < 4.78 is 9.10. The molecule has 0 saturated heterocycles. The molecule has 0 saturated carbocycles. The second-order valence-corrected chi connectivity index (χ2v) is 11.6. The molecule has 0 aliphatic carbocycles. The summed E-state index contributed by atoms with van der Waals surface area (Å²) in [6.45, 7) is 7.55. The number of nitrogens with zero attached hydrogens (tertiary/aromatic N) is 7. The lowest BCUT2D eigenvalue weighted by atomic mass is 9.78. The van der Waals surface area contributed by atoms with Gasteiger partial charge in [0, 0.05) is 36.8 Å². The number of likely N-dealkylation sites (N-methyl/N-ethyl adjacent to an activating group) is 1. The number of fused-ring (bicyclic) bond motifs is 6. The van der Waals surface area contributed by atoms with Crippen molar-refractivity contribution in [1.29, 1.82) is 0 Å². The first kappa shape index (κ1) is 25.5. The summed E-state index contributed by atoms with van der Waals surface area (Å²) in [5.41, 5.74) is 3.78. The first-order chi connectivity index (χ1) is 19.8. The number of ether oxygens (including phenoxy) is 1. The highest BCUT2D eigenvalue weighted by Crippen LogP contribution is 2.35. The van der Waals surface area contributed by atoms with Gasteiger partial charge in [0.15, 0.2) is 23.0 Å². The van der Waals surface area contributed by atoms with Crippen molar-refractivity contribution in [2.75, 3.05) is 37.0 Å². The maximum Gasteiger partial charge on any atom is 0.278 e. The number of hydrogen-bond donors (Lipinski definition) is 1. The third-order valence-corrected chi connectivity index (χ3v) is 8.01. The van der Waals surface area contributed by atoms with E-state index < -0.39 is 0 Å². The number of rotatable bonds is 2. The van der Waals surface area contributed by atoms with Gasteiger partial charge in [-0.2, -0.15) is 4.98 Å². The molecule has 0 fully saturated rings. The van der Waals surface area contributed by atoms with Gasteiger partial charge in [-0.3, -0.25) is 14.5 Å². The normalized spacial score (nSPS) is 19.0. The Balaban J connectivity index is 1.34. The maximum atomic E-state index is 13.5. The molecule has 7 rings (SSSR count). The number of aromatic nitrogens is 5. The lowest BCUT2D eigenvalue weighted by Gasteiger charge is -2.38. The van der Waals surface area contributed by atoms with E-state index in [0.29, 0.717) is 66.9 Å². The van der Waals surface area contributed by atoms with E-state index in [-0.39, 0.29) is 16.9 Å². The third kappa shape index (κ3) is 4.37. The molecule has 0 unspecified atom stereocenters. The fraction of sp³-hybridized carbons (Fsp3) is 0.367. The van der Waals surface area contributed by atoms with Crippen LogP contribution in [-0.4, -0.2) is 61.9 Å². The molecule has 210 valence electrons. The molecule has 2 bridgehead atoms. The zero-order valence-electron chi connectivity index (χ0n) is 23.4. The second-order valence-electron chi connectivity index (χ2n) is 11.6. The van der Waals surface area contributed by atoms with Crippen LogP contribution in [0.4, 0.5) is 17.5 Å². The first-order valence-corrected chi connectivity index (χ1v) is 14.0. The van der Waals surface area contributed by atoms with Crippen molar-refractivity contribution in [3.8, 4) is 11.6 Å². The summed E-state index contributed by atoms with van der Waals surface area (Å²) in [6.07, 6.45) is 6.33. The molecular formula is C30H32N8O3. The summed E-state index contributed by atoms with van der Waals surface area (Å²) in [6, 6.07) is 9.97. The number of allylic oxidation sites excluding steroid dienone is 2. The SMILES string of the molecule is CN1Cc2cc(Nc3ncc4c(=O)n5n(c4n3)-c3ccc4c(n3)N(CCO4)C(=O)CC/C=C\C5)ccc2C(C)(C)C1. The highest BCUT2D eigenvalue weighted by Gasteiger charge is 2.30. The van der Waals surface area contributed by atoms with Crippen molar-refractivity contribution < 1.29 is 9.53 Å². The van der Waals surface area contributed by atoms with E-state index >= 15 is 0 Å². The smallest absolute Gasteiger partial charge is 0.278 e. The molecule has 1 aromatic carbocycles. The first-order valence-electron chi connectivity index (χ1n) is 14.0. The van der Waals surface area contributed by atoms with Crippen molar-refractivity contribution in [3.63, 3.8) is 0 Å². The van der Waals surface area contributed by atoms with Crippen LogP contribution in [0.15, 0.2) is 53.5 Å². The Bertz CT molecular complexity index is 1790. The fourth-order valence-electron chi connectivity index (χ4n) is 6.26. The Kier molecular flexibility index (Phi) is 5.93. The van der Waals surface area contributed by atoms with Crippen molar-refractivity contribution in [1.82, 2.24) is 29.2 Å². The quantitative estimate of drug-likeness (QED) is 0.376. The molecule has 41 heavy (non-hydrogen) atoms. The largest absolute Gasteiger partial charge is 0.488 e. The van der Waals surface area contributed by atoms with Gasteiger partial charge in [0.2, 0.25) is 11.9 Å². The van der Waals surface area contributed by atoms with Crippen LogP contribution in [0.25, 0.3) is 16.9 Å². The third-order valence-electron chi connectivity index (χ3n) is 8.01.